The molecule has 0 radical (unpaired) electrons. The number of carbonyl (C=O) groups is 1. The van der Waals surface area contributed by atoms with Crippen LogP contribution in [0.4, 0.5) is 0 Å². The maximum Gasteiger partial charge on any atom is 0.289 e. The number of hydrogen-bond acceptors (Lipinski definition) is 7. The number of pyridine rings is 1. The number of furan rings is 1. The van der Waals surface area contributed by atoms with E-state index in [0.29, 0.717) is 17.5 Å². The van der Waals surface area contributed by atoms with Crippen LogP contribution in [0.1, 0.15) is 35.0 Å². The number of rotatable bonds is 6. The molecule has 4 heterocycles. The summed E-state index contributed by atoms with van der Waals surface area (Å²) in [5, 5.41) is 3.94. The lowest BCUT2D eigenvalue weighted by molar-refractivity contribution is 0.0734. The maximum absolute atomic E-state index is 12.6. The largest absolute Gasteiger partial charge is 0.455 e. The molecule has 8 heteroatoms. The molecule has 0 saturated carbocycles. The van der Waals surface area contributed by atoms with Crippen LogP contribution >= 0.6 is 0 Å². The molecule has 140 valence electrons. The van der Waals surface area contributed by atoms with Gasteiger partial charge in [0.25, 0.3) is 5.91 Å². The summed E-state index contributed by atoms with van der Waals surface area (Å²) in [5.74, 6) is 1.71. The van der Waals surface area contributed by atoms with Gasteiger partial charge in [-0.3, -0.25) is 14.7 Å². The molecule has 1 aliphatic heterocycles. The molecule has 1 aliphatic rings. The average molecular weight is 367 g/mol. The minimum atomic E-state index is -0.219. The number of aromatic nitrogens is 3. The Morgan fingerprint density at radius 3 is 2.89 bits per heavy atom. The summed E-state index contributed by atoms with van der Waals surface area (Å²) in [4.78, 5) is 24.8. The van der Waals surface area contributed by atoms with E-state index in [2.05, 4.69) is 20.0 Å². The highest BCUT2D eigenvalue weighted by atomic mass is 16.5. The van der Waals surface area contributed by atoms with E-state index in [1.165, 1.54) is 17.7 Å². The van der Waals surface area contributed by atoms with Gasteiger partial charge in [-0.2, -0.15) is 4.98 Å². The average Bonchev–Trinajstić information content (AvgIpc) is 3.44. The Labute approximate surface area is 156 Å². The molecule has 8 nitrogen and oxygen atoms in total. The SMILES string of the molecule is CN(Cc1nc(-c2cccnc2)no1)C(=O)c1ccc(CN2CCCC2)o1. The van der Waals surface area contributed by atoms with E-state index in [0.717, 1.165) is 31.0 Å². The molecule has 0 spiro atoms. The van der Waals surface area contributed by atoms with Gasteiger partial charge in [0.2, 0.25) is 11.7 Å². The van der Waals surface area contributed by atoms with Crippen molar-refractivity contribution in [1.29, 1.82) is 0 Å². The number of carbonyl (C=O) groups excluding carboxylic acids is 1. The van der Waals surface area contributed by atoms with Crippen LogP contribution < -0.4 is 0 Å². The van der Waals surface area contributed by atoms with Gasteiger partial charge >= 0.3 is 0 Å². The Balaban J connectivity index is 1.38. The molecule has 0 N–H and O–H groups in total. The third-order valence-corrected chi connectivity index (χ3v) is 4.56. The second kappa shape index (κ2) is 7.71. The van der Waals surface area contributed by atoms with Crippen molar-refractivity contribution in [3.05, 3.63) is 54.1 Å². The van der Waals surface area contributed by atoms with Gasteiger partial charge in [0.05, 0.1) is 6.54 Å². The highest BCUT2D eigenvalue weighted by Crippen LogP contribution is 2.18. The van der Waals surface area contributed by atoms with E-state index >= 15 is 0 Å². The summed E-state index contributed by atoms with van der Waals surface area (Å²) in [6, 6.07) is 7.24. The standard InChI is InChI=1S/C19H21N5O3/c1-23(13-17-21-18(22-27-17)14-5-4-8-20-11-14)19(25)16-7-6-15(26-16)12-24-9-2-3-10-24/h4-8,11H,2-3,9-10,12-13H2,1H3. The van der Waals surface area contributed by atoms with Gasteiger partial charge in [-0.25, -0.2) is 0 Å². The first-order valence-corrected chi connectivity index (χ1v) is 8.98. The predicted molar refractivity (Wildman–Crippen MR) is 96.5 cm³/mol. The van der Waals surface area contributed by atoms with Crippen molar-refractivity contribution in [2.45, 2.75) is 25.9 Å². The fraction of sp³-hybridized carbons (Fsp3) is 0.368. The van der Waals surface area contributed by atoms with Crippen LogP contribution in [-0.4, -0.2) is 51.0 Å². The monoisotopic (exact) mass is 367 g/mol. The summed E-state index contributed by atoms with van der Waals surface area (Å²) < 4.78 is 11.0. The van der Waals surface area contributed by atoms with Crippen LogP contribution in [0.25, 0.3) is 11.4 Å². The Morgan fingerprint density at radius 1 is 1.26 bits per heavy atom. The van der Waals surface area contributed by atoms with E-state index in [-0.39, 0.29) is 12.5 Å². The van der Waals surface area contributed by atoms with Crippen LogP contribution in [0.3, 0.4) is 0 Å². The van der Waals surface area contributed by atoms with Crippen LogP contribution in [-0.2, 0) is 13.1 Å². The van der Waals surface area contributed by atoms with Gasteiger partial charge in [0.15, 0.2) is 5.76 Å². The second-order valence-corrected chi connectivity index (χ2v) is 6.66. The van der Waals surface area contributed by atoms with Gasteiger partial charge in [-0.15, -0.1) is 0 Å². The molecule has 0 unspecified atom stereocenters. The van der Waals surface area contributed by atoms with Crippen molar-refractivity contribution in [3.63, 3.8) is 0 Å². The summed E-state index contributed by atoms with van der Waals surface area (Å²) in [6.45, 7) is 3.12. The molecule has 1 fully saturated rings. The maximum atomic E-state index is 12.6. The smallest absolute Gasteiger partial charge is 0.289 e. The van der Waals surface area contributed by atoms with Crippen molar-refractivity contribution < 1.29 is 13.7 Å². The molecule has 3 aromatic heterocycles. The fourth-order valence-corrected chi connectivity index (χ4v) is 3.13. The summed E-state index contributed by atoms with van der Waals surface area (Å²) in [6.07, 6.45) is 5.79. The Morgan fingerprint density at radius 2 is 2.11 bits per heavy atom. The summed E-state index contributed by atoms with van der Waals surface area (Å²) >= 11 is 0. The summed E-state index contributed by atoms with van der Waals surface area (Å²) in [7, 11) is 1.68. The normalized spacial score (nSPS) is 14.6. The van der Waals surface area contributed by atoms with E-state index < -0.39 is 0 Å². The highest BCUT2D eigenvalue weighted by molar-refractivity contribution is 5.91. The van der Waals surface area contributed by atoms with E-state index in [1.54, 1.807) is 31.6 Å². The minimum Gasteiger partial charge on any atom is -0.455 e. The minimum absolute atomic E-state index is 0.203. The van der Waals surface area contributed by atoms with Gasteiger partial charge in [-0.1, -0.05) is 5.16 Å². The third-order valence-electron chi connectivity index (χ3n) is 4.56. The first-order valence-electron chi connectivity index (χ1n) is 8.98. The topological polar surface area (TPSA) is 88.5 Å². The van der Waals surface area contributed by atoms with Gasteiger partial charge in [0.1, 0.15) is 12.3 Å². The van der Waals surface area contributed by atoms with Crippen LogP contribution in [0.2, 0.25) is 0 Å². The molecule has 1 amide bonds. The van der Waals surface area contributed by atoms with E-state index in [9.17, 15) is 4.79 Å². The second-order valence-electron chi connectivity index (χ2n) is 6.66. The zero-order valence-electron chi connectivity index (χ0n) is 15.2. The van der Waals surface area contributed by atoms with Crippen molar-refractivity contribution in [2.24, 2.45) is 0 Å². The Hall–Kier alpha value is -3.00. The first-order chi connectivity index (χ1) is 13.2. The van der Waals surface area contributed by atoms with Crippen LogP contribution in [0.15, 0.2) is 45.6 Å². The van der Waals surface area contributed by atoms with Crippen molar-refractivity contribution in [1.82, 2.24) is 24.9 Å². The summed E-state index contributed by atoms with van der Waals surface area (Å²) in [5.41, 5.74) is 0.763. The Kier molecular flexibility index (Phi) is 4.97. The molecule has 27 heavy (non-hydrogen) atoms. The lowest BCUT2D eigenvalue weighted by Gasteiger charge is -2.13. The van der Waals surface area contributed by atoms with Crippen LogP contribution in [0, 0.1) is 0 Å². The quantitative estimate of drug-likeness (QED) is 0.661. The zero-order chi connectivity index (χ0) is 18.6. The zero-order valence-corrected chi connectivity index (χ0v) is 15.2. The van der Waals surface area contributed by atoms with Crippen LogP contribution in [0.5, 0.6) is 0 Å². The first kappa shape index (κ1) is 17.4. The number of hydrogen-bond donors (Lipinski definition) is 0. The van der Waals surface area contributed by atoms with Crippen molar-refractivity contribution >= 4 is 5.91 Å². The highest BCUT2D eigenvalue weighted by Gasteiger charge is 2.20. The van der Waals surface area contributed by atoms with E-state index in [4.69, 9.17) is 8.94 Å². The molecular weight excluding hydrogens is 346 g/mol. The fourth-order valence-electron chi connectivity index (χ4n) is 3.13. The van der Waals surface area contributed by atoms with Gasteiger partial charge in [-0.05, 0) is 50.2 Å². The molecule has 0 aliphatic carbocycles. The van der Waals surface area contributed by atoms with Gasteiger partial charge < -0.3 is 13.8 Å². The third kappa shape index (κ3) is 4.06. The molecule has 4 rings (SSSR count). The van der Waals surface area contributed by atoms with Crippen molar-refractivity contribution in [3.8, 4) is 11.4 Å². The molecular formula is C19H21N5O3. The van der Waals surface area contributed by atoms with E-state index in [1.807, 2.05) is 12.1 Å². The van der Waals surface area contributed by atoms with Crippen molar-refractivity contribution in [2.75, 3.05) is 20.1 Å². The molecule has 0 bridgehead atoms. The lowest BCUT2D eigenvalue weighted by Crippen LogP contribution is -2.26. The lowest BCUT2D eigenvalue weighted by atomic mass is 10.3. The predicted octanol–water partition coefficient (Wildman–Crippen LogP) is 2.59. The molecule has 1 saturated heterocycles. The molecule has 3 aromatic rings. The van der Waals surface area contributed by atoms with Gasteiger partial charge in [0, 0.05) is 25.0 Å². The number of likely N-dealkylation sites (tertiary alicyclic amines) is 1. The number of nitrogens with zero attached hydrogens (tertiary/aromatic N) is 5. The Bertz CT molecular complexity index is 899. The number of amides is 1. The molecule has 0 atom stereocenters. The molecule has 0 aromatic carbocycles.